The lowest BCUT2D eigenvalue weighted by atomic mass is 10.0. The van der Waals surface area contributed by atoms with E-state index in [1.807, 2.05) is 36.2 Å². The van der Waals surface area contributed by atoms with Crippen molar-refractivity contribution in [1.82, 2.24) is 5.01 Å². The Morgan fingerprint density at radius 3 is 2.80 bits per heavy atom. The molecule has 1 aromatic carbocycles. The fourth-order valence-corrected chi connectivity index (χ4v) is 2.58. The van der Waals surface area contributed by atoms with Gasteiger partial charge in [0, 0.05) is 17.7 Å². The summed E-state index contributed by atoms with van der Waals surface area (Å²) < 4.78 is 5.10. The smallest absolute Gasteiger partial charge is 0.162 e. The molecule has 0 saturated heterocycles. The number of nitrogens with zero attached hydrogens (tertiary/aromatic N) is 3. The first-order valence-corrected chi connectivity index (χ1v) is 6.58. The minimum atomic E-state index is -0.420. The summed E-state index contributed by atoms with van der Waals surface area (Å²) in [5.41, 5.74) is 3.06. The molecule has 0 radical (unpaired) electrons. The van der Waals surface area contributed by atoms with Crippen LogP contribution < -0.4 is 0 Å². The Labute approximate surface area is 117 Å². The molecule has 1 aromatic heterocycles. The van der Waals surface area contributed by atoms with Crippen LogP contribution in [0.5, 0.6) is 0 Å². The lowest BCUT2D eigenvalue weighted by Crippen LogP contribution is -2.23. The van der Waals surface area contributed by atoms with E-state index in [2.05, 4.69) is 23.3 Å². The van der Waals surface area contributed by atoms with Crippen molar-refractivity contribution in [2.24, 2.45) is 5.10 Å². The molecule has 100 valence electrons. The van der Waals surface area contributed by atoms with Crippen LogP contribution in [0.2, 0.25) is 0 Å². The summed E-state index contributed by atoms with van der Waals surface area (Å²) in [6, 6.07) is 14.0. The summed E-state index contributed by atoms with van der Waals surface area (Å²) in [6.45, 7) is 2.00. The van der Waals surface area contributed by atoms with Gasteiger partial charge in [-0.15, -0.1) is 0 Å². The third-order valence-corrected chi connectivity index (χ3v) is 3.52. The molecule has 2 aromatic rings. The number of hydrazone groups is 1. The zero-order valence-corrected chi connectivity index (χ0v) is 11.2. The van der Waals surface area contributed by atoms with Gasteiger partial charge in [-0.05, 0) is 18.6 Å². The molecule has 1 aliphatic rings. The van der Waals surface area contributed by atoms with Crippen molar-refractivity contribution >= 4 is 5.71 Å². The maximum Gasteiger partial charge on any atom is 0.162 e. The average molecular weight is 265 g/mol. The van der Waals surface area contributed by atoms with Gasteiger partial charge in [0.15, 0.2) is 6.04 Å². The quantitative estimate of drug-likeness (QED) is 0.850. The van der Waals surface area contributed by atoms with Crippen molar-refractivity contribution in [3.63, 3.8) is 0 Å². The second-order valence-corrected chi connectivity index (χ2v) is 4.93. The predicted molar refractivity (Wildman–Crippen MR) is 75.8 cm³/mol. The Balaban J connectivity index is 1.95. The topological polar surface area (TPSA) is 52.5 Å². The first-order valence-electron chi connectivity index (χ1n) is 6.58. The second-order valence-electron chi connectivity index (χ2n) is 4.93. The molecule has 2 atom stereocenters. The summed E-state index contributed by atoms with van der Waals surface area (Å²) in [5, 5.41) is 16.0. The Morgan fingerprint density at radius 1 is 1.35 bits per heavy atom. The van der Waals surface area contributed by atoms with Crippen molar-refractivity contribution in [1.29, 1.82) is 5.26 Å². The lowest BCUT2D eigenvalue weighted by Gasteiger charge is -2.27. The highest BCUT2D eigenvalue weighted by Crippen LogP contribution is 2.37. The van der Waals surface area contributed by atoms with E-state index in [1.54, 1.807) is 12.5 Å². The zero-order valence-electron chi connectivity index (χ0n) is 11.2. The molecule has 2 heterocycles. The van der Waals surface area contributed by atoms with Gasteiger partial charge in [-0.2, -0.15) is 10.4 Å². The zero-order chi connectivity index (χ0) is 13.9. The van der Waals surface area contributed by atoms with Crippen LogP contribution in [0.1, 0.15) is 36.6 Å². The predicted octanol–water partition coefficient (Wildman–Crippen LogP) is 3.67. The first-order chi connectivity index (χ1) is 9.79. The summed E-state index contributed by atoms with van der Waals surface area (Å²) in [4.78, 5) is 0. The molecule has 0 aliphatic carbocycles. The van der Waals surface area contributed by atoms with Crippen molar-refractivity contribution in [3.05, 3.63) is 60.1 Å². The Morgan fingerprint density at radius 2 is 2.15 bits per heavy atom. The molecule has 0 fully saturated rings. The third-order valence-electron chi connectivity index (χ3n) is 3.52. The molecule has 4 heteroatoms. The van der Waals surface area contributed by atoms with Gasteiger partial charge in [-0.3, -0.25) is 5.01 Å². The van der Waals surface area contributed by atoms with E-state index in [0.717, 1.165) is 17.7 Å². The Kier molecular flexibility index (Phi) is 3.26. The number of hydrogen-bond donors (Lipinski definition) is 0. The molecule has 20 heavy (non-hydrogen) atoms. The van der Waals surface area contributed by atoms with Crippen LogP contribution in [-0.2, 0) is 0 Å². The van der Waals surface area contributed by atoms with Crippen LogP contribution >= 0.6 is 0 Å². The van der Waals surface area contributed by atoms with Gasteiger partial charge in [-0.25, -0.2) is 0 Å². The number of benzene rings is 1. The lowest BCUT2D eigenvalue weighted by molar-refractivity contribution is 0.196. The first kappa shape index (κ1) is 12.5. The largest absolute Gasteiger partial charge is 0.472 e. The van der Waals surface area contributed by atoms with Crippen LogP contribution in [-0.4, -0.2) is 10.7 Å². The molecule has 0 bridgehead atoms. The van der Waals surface area contributed by atoms with Crippen molar-refractivity contribution in [3.8, 4) is 6.07 Å². The van der Waals surface area contributed by atoms with Gasteiger partial charge in [0.2, 0.25) is 0 Å². The van der Waals surface area contributed by atoms with Crippen LogP contribution in [0, 0.1) is 11.3 Å². The summed E-state index contributed by atoms with van der Waals surface area (Å²) in [6.07, 6.45) is 4.04. The van der Waals surface area contributed by atoms with E-state index < -0.39 is 6.04 Å². The maximum absolute atomic E-state index is 9.51. The van der Waals surface area contributed by atoms with Gasteiger partial charge >= 0.3 is 0 Å². The highest BCUT2D eigenvalue weighted by atomic mass is 16.3. The molecule has 4 nitrogen and oxygen atoms in total. The van der Waals surface area contributed by atoms with Gasteiger partial charge in [-0.1, -0.05) is 30.3 Å². The molecule has 1 aliphatic heterocycles. The second kappa shape index (κ2) is 5.22. The van der Waals surface area contributed by atoms with Crippen molar-refractivity contribution < 1.29 is 4.42 Å². The highest BCUT2D eigenvalue weighted by Gasteiger charge is 2.33. The van der Waals surface area contributed by atoms with Gasteiger partial charge in [0.05, 0.1) is 24.6 Å². The summed E-state index contributed by atoms with van der Waals surface area (Å²) in [5.74, 6) is 0. The van der Waals surface area contributed by atoms with Crippen LogP contribution in [0.25, 0.3) is 0 Å². The number of rotatable bonds is 3. The van der Waals surface area contributed by atoms with Crippen molar-refractivity contribution in [2.45, 2.75) is 25.4 Å². The minimum absolute atomic E-state index is 0.107. The van der Waals surface area contributed by atoms with E-state index in [0.29, 0.717) is 0 Å². The van der Waals surface area contributed by atoms with Gasteiger partial charge < -0.3 is 4.42 Å². The SMILES string of the molecule is CC1=NN([C@@H](C#N)c2ccoc2)[C@H](c2ccccc2)C1. The van der Waals surface area contributed by atoms with E-state index in [9.17, 15) is 5.26 Å². The molecule has 0 unspecified atom stereocenters. The van der Waals surface area contributed by atoms with E-state index in [1.165, 1.54) is 5.56 Å². The molecule has 0 N–H and O–H groups in total. The number of nitriles is 1. The summed E-state index contributed by atoms with van der Waals surface area (Å²) >= 11 is 0. The standard InChI is InChI=1S/C16H15N3O/c1-12-9-15(13-5-3-2-4-6-13)19(18-12)16(10-17)14-7-8-20-11-14/h2-8,11,15-16H,9H2,1H3/t15-,16-/m0/s1. The van der Waals surface area contributed by atoms with Gasteiger partial charge in [0.25, 0.3) is 0 Å². The van der Waals surface area contributed by atoms with Crippen LogP contribution in [0.3, 0.4) is 0 Å². The fourth-order valence-electron chi connectivity index (χ4n) is 2.58. The summed E-state index contributed by atoms with van der Waals surface area (Å²) in [7, 11) is 0. The highest BCUT2D eigenvalue weighted by molar-refractivity contribution is 5.84. The number of hydrogen-bond acceptors (Lipinski definition) is 4. The Hall–Kier alpha value is -2.54. The average Bonchev–Trinajstić information content (AvgIpc) is 3.11. The van der Waals surface area contributed by atoms with E-state index in [4.69, 9.17) is 4.42 Å². The van der Waals surface area contributed by atoms with E-state index in [-0.39, 0.29) is 6.04 Å². The molecule has 0 amide bonds. The minimum Gasteiger partial charge on any atom is -0.472 e. The van der Waals surface area contributed by atoms with Gasteiger partial charge in [0.1, 0.15) is 0 Å². The fraction of sp³-hybridized carbons (Fsp3) is 0.250. The van der Waals surface area contributed by atoms with E-state index >= 15 is 0 Å². The van der Waals surface area contributed by atoms with Crippen LogP contribution in [0.15, 0.2) is 58.4 Å². The molecular formula is C16H15N3O. The Bertz CT molecular complexity index is 640. The normalized spacial score (nSPS) is 19.5. The number of furan rings is 1. The maximum atomic E-state index is 9.51. The third kappa shape index (κ3) is 2.19. The monoisotopic (exact) mass is 265 g/mol. The molecule has 3 rings (SSSR count). The van der Waals surface area contributed by atoms with Crippen LogP contribution in [0.4, 0.5) is 0 Å². The molecule has 0 saturated carbocycles. The van der Waals surface area contributed by atoms with Crippen molar-refractivity contribution in [2.75, 3.05) is 0 Å². The molecular weight excluding hydrogens is 250 g/mol. The molecule has 0 spiro atoms.